The molecule has 0 unspecified atom stereocenters. The van der Waals surface area contributed by atoms with Gasteiger partial charge in [-0.2, -0.15) is 0 Å². The van der Waals surface area contributed by atoms with Crippen molar-refractivity contribution in [2.24, 2.45) is 0 Å². The predicted octanol–water partition coefficient (Wildman–Crippen LogP) is 5.97. The lowest BCUT2D eigenvalue weighted by molar-refractivity contribution is -0.140. The lowest BCUT2D eigenvalue weighted by Crippen LogP contribution is -2.54. The molecule has 11 heteroatoms. The van der Waals surface area contributed by atoms with Gasteiger partial charge in [-0.3, -0.25) is 13.9 Å². The van der Waals surface area contributed by atoms with E-state index in [2.05, 4.69) is 5.32 Å². The zero-order valence-corrected chi connectivity index (χ0v) is 25.6. The van der Waals surface area contributed by atoms with E-state index in [-0.39, 0.29) is 40.6 Å². The van der Waals surface area contributed by atoms with Gasteiger partial charge in [-0.15, -0.1) is 0 Å². The smallest absolute Gasteiger partial charge is 0.244 e. The Morgan fingerprint density at radius 3 is 2.08 bits per heavy atom. The molecule has 0 bridgehead atoms. The zero-order chi connectivity index (χ0) is 29.4. The highest BCUT2D eigenvalue weighted by Gasteiger charge is 2.33. The molecule has 214 valence electrons. The van der Waals surface area contributed by atoms with E-state index in [1.54, 1.807) is 24.3 Å². The molecule has 2 atom stereocenters. The number of carbonyl (C=O) groups excluding carboxylic acids is 2. The molecule has 0 fully saturated rings. The average Bonchev–Trinajstić information content (AvgIpc) is 2.88. The topological polar surface area (TPSA) is 86.8 Å². The van der Waals surface area contributed by atoms with Crippen molar-refractivity contribution in [3.05, 3.63) is 99.0 Å². The van der Waals surface area contributed by atoms with Crippen LogP contribution in [-0.4, -0.2) is 50.0 Å². The average molecular weight is 625 g/mol. The summed E-state index contributed by atoms with van der Waals surface area (Å²) >= 11 is 18.5. The molecule has 3 aromatic carbocycles. The first-order chi connectivity index (χ1) is 18.9. The fourth-order valence-corrected chi connectivity index (χ4v) is 5.68. The second-order valence-electron chi connectivity index (χ2n) is 9.57. The molecule has 0 saturated carbocycles. The van der Waals surface area contributed by atoms with Crippen LogP contribution in [0.3, 0.4) is 0 Å². The van der Waals surface area contributed by atoms with Gasteiger partial charge in [0.25, 0.3) is 0 Å². The number of nitrogens with zero attached hydrogens (tertiary/aromatic N) is 2. The van der Waals surface area contributed by atoms with Crippen LogP contribution in [-0.2, 0) is 32.6 Å². The minimum Gasteiger partial charge on any atom is -0.352 e. The number of hydrogen-bond acceptors (Lipinski definition) is 4. The van der Waals surface area contributed by atoms with Crippen LogP contribution in [0.1, 0.15) is 31.4 Å². The van der Waals surface area contributed by atoms with E-state index in [1.807, 2.05) is 44.2 Å². The summed E-state index contributed by atoms with van der Waals surface area (Å²) in [6, 6.07) is 19.5. The van der Waals surface area contributed by atoms with Crippen molar-refractivity contribution >= 4 is 62.3 Å². The van der Waals surface area contributed by atoms with Crippen LogP contribution < -0.4 is 9.62 Å². The molecule has 2 amide bonds. The van der Waals surface area contributed by atoms with Gasteiger partial charge in [-0.1, -0.05) is 84.2 Å². The van der Waals surface area contributed by atoms with E-state index in [0.717, 1.165) is 16.1 Å². The fourth-order valence-electron chi connectivity index (χ4n) is 4.12. The SMILES string of the molecule is CC[C@H](C)NC(=O)[C@H](Cc1ccccc1)N(Cc1cccc(Cl)c1)C(=O)CN(c1cc(Cl)cc(Cl)c1)S(C)(=O)=O. The van der Waals surface area contributed by atoms with Crippen molar-refractivity contribution in [2.75, 3.05) is 17.1 Å². The summed E-state index contributed by atoms with van der Waals surface area (Å²) in [5.41, 5.74) is 1.67. The Labute approximate surface area is 251 Å². The Kier molecular flexibility index (Phi) is 11.3. The summed E-state index contributed by atoms with van der Waals surface area (Å²) in [6.45, 7) is 3.29. The summed E-state index contributed by atoms with van der Waals surface area (Å²) < 4.78 is 26.7. The van der Waals surface area contributed by atoms with Crippen molar-refractivity contribution < 1.29 is 18.0 Å². The van der Waals surface area contributed by atoms with Crippen LogP contribution in [0.25, 0.3) is 0 Å². The Morgan fingerprint density at radius 2 is 1.50 bits per heavy atom. The van der Waals surface area contributed by atoms with E-state index in [1.165, 1.54) is 23.1 Å². The minimum atomic E-state index is -3.94. The van der Waals surface area contributed by atoms with Gasteiger partial charge in [-0.25, -0.2) is 8.42 Å². The van der Waals surface area contributed by atoms with Gasteiger partial charge in [0.1, 0.15) is 12.6 Å². The number of benzene rings is 3. The molecule has 0 aliphatic carbocycles. The number of amides is 2. The standard InChI is InChI=1S/C29H32Cl3N3O4S/c1-4-20(2)33-29(37)27(14-21-9-6-5-7-10-21)34(18-22-11-8-12-23(30)13-22)28(36)19-35(40(3,38)39)26-16-24(31)15-25(32)17-26/h5-13,15-17,20,27H,4,14,18-19H2,1-3H3,(H,33,37)/t20-,27-/m0/s1. The minimum absolute atomic E-state index is 0.0265. The monoisotopic (exact) mass is 623 g/mol. The predicted molar refractivity (Wildman–Crippen MR) is 162 cm³/mol. The fraction of sp³-hybridized carbons (Fsp3) is 0.310. The van der Waals surface area contributed by atoms with Crippen LogP contribution >= 0.6 is 34.8 Å². The van der Waals surface area contributed by atoms with Crippen molar-refractivity contribution in [3.63, 3.8) is 0 Å². The zero-order valence-electron chi connectivity index (χ0n) is 22.5. The molecule has 40 heavy (non-hydrogen) atoms. The van der Waals surface area contributed by atoms with Crippen LogP contribution in [0.2, 0.25) is 15.1 Å². The summed E-state index contributed by atoms with van der Waals surface area (Å²) in [5, 5.41) is 3.89. The number of sulfonamides is 1. The molecule has 0 aliphatic rings. The highest BCUT2D eigenvalue weighted by molar-refractivity contribution is 7.92. The Morgan fingerprint density at radius 1 is 0.875 bits per heavy atom. The summed E-state index contributed by atoms with van der Waals surface area (Å²) in [7, 11) is -3.94. The third-order valence-corrected chi connectivity index (χ3v) is 8.14. The van der Waals surface area contributed by atoms with Crippen molar-refractivity contribution in [1.82, 2.24) is 10.2 Å². The van der Waals surface area contributed by atoms with Gasteiger partial charge in [0.15, 0.2) is 0 Å². The Bertz CT molecular complexity index is 1420. The van der Waals surface area contributed by atoms with E-state index < -0.39 is 28.5 Å². The molecule has 0 heterocycles. The van der Waals surface area contributed by atoms with Crippen LogP contribution in [0.15, 0.2) is 72.8 Å². The van der Waals surface area contributed by atoms with Crippen LogP contribution in [0.5, 0.6) is 0 Å². The van der Waals surface area contributed by atoms with Gasteiger partial charge in [-0.05, 0) is 54.8 Å². The number of nitrogens with one attached hydrogen (secondary N) is 1. The normalized spacial score (nSPS) is 12.8. The second-order valence-corrected chi connectivity index (χ2v) is 12.8. The van der Waals surface area contributed by atoms with Gasteiger partial charge < -0.3 is 10.2 Å². The van der Waals surface area contributed by atoms with Gasteiger partial charge in [0.2, 0.25) is 21.8 Å². The number of halogens is 3. The van der Waals surface area contributed by atoms with E-state index in [9.17, 15) is 18.0 Å². The highest BCUT2D eigenvalue weighted by Crippen LogP contribution is 2.28. The molecule has 0 saturated heterocycles. The lowest BCUT2D eigenvalue weighted by atomic mass is 10.0. The Balaban J connectivity index is 2.08. The first-order valence-corrected chi connectivity index (χ1v) is 15.7. The number of rotatable bonds is 12. The molecular formula is C29H32Cl3N3O4S. The van der Waals surface area contributed by atoms with E-state index in [4.69, 9.17) is 34.8 Å². The first-order valence-electron chi connectivity index (χ1n) is 12.7. The maximum atomic E-state index is 14.1. The lowest BCUT2D eigenvalue weighted by Gasteiger charge is -2.34. The van der Waals surface area contributed by atoms with Gasteiger partial charge in [0.05, 0.1) is 11.9 Å². The maximum Gasteiger partial charge on any atom is 0.244 e. The van der Waals surface area contributed by atoms with Crippen LogP contribution in [0.4, 0.5) is 5.69 Å². The molecule has 0 aromatic heterocycles. The molecule has 0 aliphatic heterocycles. The first kappa shape index (κ1) is 31.7. The van der Waals surface area contributed by atoms with Gasteiger partial charge >= 0.3 is 0 Å². The summed E-state index contributed by atoms with van der Waals surface area (Å²) in [5.74, 6) is -0.924. The van der Waals surface area contributed by atoms with Gasteiger partial charge in [0, 0.05) is 34.1 Å². The maximum absolute atomic E-state index is 14.1. The van der Waals surface area contributed by atoms with E-state index in [0.29, 0.717) is 17.0 Å². The third-order valence-electron chi connectivity index (χ3n) is 6.33. The van der Waals surface area contributed by atoms with E-state index >= 15 is 0 Å². The van der Waals surface area contributed by atoms with Crippen molar-refractivity contribution in [2.45, 2.75) is 45.3 Å². The number of carbonyl (C=O) groups is 2. The molecular weight excluding hydrogens is 593 g/mol. The number of hydrogen-bond donors (Lipinski definition) is 1. The Hall–Kier alpha value is -2.78. The molecule has 1 N–H and O–H groups in total. The molecule has 3 rings (SSSR count). The largest absolute Gasteiger partial charge is 0.352 e. The molecule has 0 radical (unpaired) electrons. The van der Waals surface area contributed by atoms with Crippen molar-refractivity contribution in [1.29, 1.82) is 0 Å². The highest BCUT2D eigenvalue weighted by atomic mass is 35.5. The second kappa shape index (κ2) is 14.2. The molecule has 0 spiro atoms. The van der Waals surface area contributed by atoms with Crippen molar-refractivity contribution in [3.8, 4) is 0 Å². The molecule has 3 aromatic rings. The third kappa shape index (κ3) is 9.13. The summed E-state index contributed by atoms with van der Waals surface area (Å²) in [4.78, 5) is 29.1. The summed E-state index contributed by atoms with van der Waals surface area (Å²) in [6.07, 6.45) is 1.91. The van der Waals surface area contributed by atoms with Crippen LogP contribution in [0, 0.1) is 0 Å². The number of anilines is 1. The quantitative estimate of drug-likeness (QED) is 0.269. The molecule has 7 nitrogen and oxygen atoms in total.